The second-order valence-corrected chi connectivity index (χ2v) is 7.50. The Kier molecular flexibility index (Phi) is 5.97. The van der Waals surface area contributed by atoms with E-state index in [2.05, 4.69) is 26.4 Å². The summed E-state index contributed by atoms with van der Waals surface area (Å²) in [4.78, 5) is 5.49. The fraction of sp³-hybridized carbons (Fsp3) is 0.0455. The zero-order chi connectivity index (χ0) is 22.8. The number of aromatic nitrogens is 4. The lowest BCUT2D eigenvalue weighted by Crippen LogP contribution is -2.12. The maximum Gasteiger partial charge on any atom is 0.193 e. The first-order valence-corrected chi connectivity index (χ1v) is 9.95. The standard InChI is InChI=1S/C22H15Cl2FN6O/c1-2-12-7-17(18(23)10-16(12)15-4-3-13(25)8-20(15)26)22(32)30-14-9-19(24)21(27-11-14)31-28-5-6-29-31/h1,3-11,22,30,32H,26H2. The van der Waals surface area contributed by atoms with Crippen molar-refractivity contribution in [2.75, 3.05) is 11.1 Å². The summed E-state index contributed by atoms with van der Waals surface area (Å²) in [6, 6.07) is 8.72. The molecule has 7 nitrogen and oxygen atoms in total. The molecule has 0 aliphatic carbocycles. The van der Waals surface area contributed by atoms with Crippen LogP contribution in [0.1, 0.15) is 17.4 Å². The number of aliphatic hydroxyl groups is 1. The minimum absolute atomic E-state index is 0.219. The maximum absolute atomic E-state index is 13.4. The van der Waals surface area contributed by atoms with E-state index in [9.17, 15) is 9.50 Å². The molecule has 0 bridgehead atoms. The Balaban J connectivity index is 1.64. The van der Waals surface area contributed by atoms with Crippen LogP contribution in [0.3, 0.4) is 0 Å². The topological polar surface area (TPSA) is 102 Å². The number of hydrogen-bond acceptors (Lipinski definition) is 6. The summed E-state index contributed by atoms with van der Waals surface area (Å²) < 4.78 is 13.4. The van der Waals surface area contributed by atoms with Crippen molar-refractivity contribution in [3.63, 3.8) is 0 Å². The van der Waals surface area contributed by atoms with Gasteiger partial charge in [0.2, 0.25) is 0 Å². The zero-order valence-corrected chi connectivity index (χ0v) is 17.8. The molecule has 160 valence electrons. The molecular formula is C22H15Cl2FN6O. The number of pyridine rings is 1. The van der Waals surface area contributed by atoms with Crippen LogP contribution >= 0.6 is 23.2 Å². The maximum atomic E-state index is 13.4. The van der Waals surface area contributed by atoms with Crippen LogP contribution in [0, 0.1) is 18.2 Å². The summed E-state index contributed by atoms with van der Waals surface area (Å²) >= 11 is 12.7. The second-order valence-electron chi connectivity index (χ2n) is 6.69. The molecule has 10 heteroatoms. The fourth-order valence-electron chi connectivity index (χ4n) is 3.14. The number of nitrogen functional groups attached to an aromatic ring is 1. The van der Waals surface area contributed by atoms with Gasteiger partial charge in [-0.2, -0.15) is 10.2 Å². The first-order valence-electron chi connectivity index (χ1n) is 9.19. The van der Waals surface area contributed by atoms with E-state index in [1.54, 1.807) is 18.2 Å². The van der Waals surface area contributed by atoms with Gasteiger partial charge in [-0.05, 0) is 36.4 Å². The lowest BCUT2D eigenvalue weighted by molar-refractivity contribution is 0.208. The van der Waals surface area contributed by atoms with E-state index in [1.807, 2.05) is 0 Å². The molecule has 0 saturated heterocycles. The lowest BCUT2D eigenvalue weighted by Gasteiger charge is -2.18. The summed E-state index contributed by atoms with van der Waals surface area (Å²) in [5, 5.41) is 22.1. The normalized spacial score (nSPS) is 11.7. The van der Waals surface area contributed by atoms with Crippen molar-refractivity contribution in [1.29, 1.82) is 0 Å². The Morgan fingerprint density at radius 1 is 1.09 bits per heavy atom. The number of nitrogens with two attached hydrogens (primary N) is 1. The Morgan fingerprint density at radius 2 is 1.84 bits per heavy atom. The number of halogens is 3. The first-order chi connectivity index (χ1) is 15.4. The highest BCUT2D eigenvalue weighted by Gasteiger charge is 2.18. The molecule has 1 unspecified atom stereocenters. The van der Waals surface area contributed by atoms with Gasteiger partial charge in [-0.3, -0.25) is 0 Å². The summed E-state index contributed by atoms with van der Waals surface area (Å²) in [6.45, 7) is 0. The number of anilines is 2. The van der Waals surface area contributed by atoms with Gasteiger partial charge in [0.25, 0.3) is 0 Å². The van der Waals surface area contributed by atoms with Crippen LogP contribution in [0.2, 0.25) is 10.0 Å². The van der Waals surface area contributed by atoms with Gasteiger partial charge in [0, 0.05) is 33.0 Å². The summed E-state index contributed by atoms with van der Waals surface area (Å²) in [6.07, 6.45) is 8.92. The molecule has 2 heterocycles. The van der Waals surface area contributed by atoms with Crippen molar-refractivity contribution in [2.24, 2.45) is 0 Å². The summed E-state index contributed by atoms with van der Waals surface area (Å²) in [5.41, 5.74) is 8.44. The number of hydrogen-bond donors (Lipinski definition) is 3. The monoisotopic (exact) mass is 468 g/mol. The molecule has 0 aliphatic heterocycles. The number of rotatable bonds is 5. The van der Waals surface area contributed by atoms with Crippen molar-refractivity contribution in [2.45, 2.75) is 6.23 Å². The van der Waals surface area contributed by atoms with Crippen molar-refractivity contribution >= 4 is 34.6 Å². The quantitative estimate of drug-likeness (QED) is 0.227. The predicted octanol–water partition coefficient (Wildman–Crippen LogP) is 4.44. The number of nitrogens with one attached hydrogen (secondary N) is 1. The molecule has 0 saturated carbocycles. The van der Waals surface area contributed by atoms with Gasteiger partial charge in [0.1, 0.15) is 5.82 Å². The van der Waals surface area contributed by atoms with Gasteiger partial charge in [0.15, 0.2) is 12.0 Å². The van der Waals surface area contributed by atoms with Crippen molar-refractivity contribution in [3.05, 3.63) is 82.0 Å². The smallest absolute Gasteiger partial charge is 0.193 e. The summed E-state index contributed by atoms with van der Waals surface area (Å²) in [5.74, 6) is 2.44. The summed E-state index contributed by atoms with van der Waals surface area (Å²) in [7, 11) is 0. The molecule has 1 atom stereocenters. The minimum atomic E-state index is -1.22. The fourth-order valence-corrected chi connectivity index (χ4v) is 3.65. The average molecular weight is 469 g/mol. The number of benzene rings is 2. The molecule has 0 radical (unpaired) electrons. The molecular weight excluding hydrogens is 454 g/mol. The molecule has 2 aromatic carbocycles. The van der Waals surface area contributed by atoms with Gasteiger partial charge in [-0.1, -0.05) is 29.1 Å². The predicted molar refractivity (Wildman–Crippen MR) is 122 cm³/mol. The van der Waals surface area contributed by atoms with E-state index in [-0.39, 0.29) is 15.7 Å². The Labute approximate surface area is 192 Å². The largest absolute Gasteiger partial charge is 0.398 e. The molecule has 32 heavy (non-hydrogen) atoms. The van der Waals surface area contributed by atoms with Gasteiger partial charge >= 0.3 is 0 Å². The van der Waals surface area contributed by atoms with Crippen molar-refractivity contribution in [1.82, 2.24) is 20.0 Å². The van der Waals surface area contributed by atoms with Crippen LogP contribution in [0.15, 0.2) is 55.0 Å². The van der Waals surface area contributed by atoms with Crippen LogP contribution < -0.4 is 11.1 Å². The van der Waals surface area contributed by atoms with E-state index < -0.39 is 12.0 Å². The lowest BCUT2D eigenvalue weighted by atomic mass is 9.96. The first kappa shape index (κ1) is 21.6. The van der Waals surface area contributed by atoms with Gasteiger partial charge in [-0.25, -0.2) is 9.37 Å². The van der Waals surface area contributed by atoms with Crippen LogP contribution in [-0.2, 0) is 0 Å². The van der Waals surface area contributed by atoms with Crippen LogP contribution in [0.4, 0.5) is 15.8 Å². The Morgan fingerprint density at radius 3 is 2.50 bits per heavy atom. The molecule has 4 aromatic rings. The van der Waals surface area contributed by atoms with E-state index >= 15 is 0 Å². The number of terminal acetylenes is 1. The molecule has 2 aromatic heterocycles. The highest BCUT2D eigenvalue weighted by atomic mass is 35.5. The second kappa shape index (κ2) is 8.85. The van der Waals surface area contributed by atoms with E-state index in [0.29, 0.717) is 33.8 Å². The van der Waals surface area contributed by atoms with Crippen molar-refractivity contribution < 1.29 is 9.50 Å². The van der Waals surface area contributed by atoms with E-state index in [0.717, 1.165) is 0 Å². The van der Waals surface area contributed by atoms with E-state index in [4.69, 9.17) is 35.4 Å². The molecule has 4 N–H and O–H groups in total. The zero-order valence-electron chi connectivity index (χ0n) is 16.3. The average Bonchev–Trinajstić information content (AvgIpc) is 3.28. The third-order valence-electron chi connectivity index (χ3n) is 4.62. The molecule has 0 amide bonds. The Hall–Kier alpha value is -3.64. The third kappa shape index (κ3) is 4.22. The SMILES string of the molecule is C#Cc1cc(C(O)Nc2cnc(-n3nccn3)c(Cl)c2)c(Cl)cc1-c1ccc(F)cc1N. The number of nitrogens with zero attached hydrogens (tertiary/aromatic N) is 4. The van der Waals surface area contributed by atoms with Gasteiger partial charge < -0.3 is 16.2 Å². The molecule has 0 aliphatic rings. The molecule has 4 rings (SSSR count). The molecule has 0 fully saturated rings. The van der Waals surface area contributed by atoms with Gasteiger partial charge in [0.05, 0.1) is 29.3 Å². The van der Waals surface area contributed by atoms with E-state index in [1.165, 1.54) is 41.6 Å². The van der Waals surface area contributed by atoms with Crippen molar-refractivity contribution in [3.8, 4) is 29.3 Å². The van der Waals surface area contributed by atoms with Crippen LogP contribution in [0.25, 0.3) is 16.9 Å². The van der Waals surface area contributed by atoms with Crippen LogP contribution in [0.5, 0.6) is 0 Å². The van der Waals surface area contributed by atoms with Crippen LogP contribution in [-0.4, -0.2) is 25.1 Å². The highest BCUT2D eigenvalue weighted by Crippen LogP contribution is 2.35. The number of aliphatic hydroxyl groups excluding tert-OH is 1. The minimum Gasteiger partial charge on any atom is -0.398 e. The Bertz CT molecular complexity index is 1340. The highest BCUT2D eigenvalue weighted by molar-refractivity contribution is 6.32. The van der Waals surface area contributed by atoms with Gasteiger partial charge in [-0.15, -0.1) is 11.2 Å². The molecule has 0 spiro atoms. The third-order valence-corrected chi connectivity index (χ3v) is 5.23.